The quantitative estimate of drug-likeness (QED) is 0.807. The van der Waals surface area contributed by atoms with Crippen LogP contribution in [0.4, 0.5) is 0 Å². The SMILES string of the molecule is CCC(N)(N)OCc1ccccc1.Cl.Cl. The average Bonchev–Trinajstić information content (AvgIpc) is 2.17. The number of rotatable bonds is 4. The first kappa shape index (κ1) is 17.1. The van der Waals surface area contributed by atoms with E-state index in [1.807, 2.05) is 37.3 Å². The fourth-order valence-electron chi connectivity index (χ4n) is 0.894. The van der Waals surface area contributed by atoms with Crippen molar-refractivity contribution in [3.8, 4) is 0 Å². The molecule has 5 heteroatoms. The average molecular weight is 253 g/mol. The largest absolute Gasteiger partial charge is 0.343 e. The Morgan fingerprint density at radius 1 is 1.13 bits per heavy atom. The van der Waals surface area contributed by atoms with Crippen molar-refractivity contribution in [3.05, 3.63) is 35.9 Å². The summed E-state index contributed by atoms with van der Waals surface area (Å²) in [5, 5.41) is 0. The highest BCUT2D eigenvalue weighted by Gasteiger charge is 2.15. The molecule has 0 aromatic heterocycles. The molecule has 0 aliphatic heterocycles. The molecule has 0 aliphatic rings. The Hall–Kier alpha value is -0.320. The predicted octanol–water partition coefficient (Wildman–Crippen LogP) is 2.03. The highest BCUT2D eigenvalue weighted by atomic mass is 35.5. The standard InChI is InChI=1S/C10H16N2O.2ClH/c1-2-10(11,12)13-8-9-6-4-3-5-7-9;;/h3-7H,2,8,11-12H2,1H3;2*1H. The lowest BCUT2D eigenvalue weighted by molar-refractivity contribution is -0.0507. The van der Waals surface area contributed by atoms with Crippen LogP contribution in [0.1, 0.15) is 18.9 Å². The first-order chi connectivity index (χ1) is 6.14. The van der Waals surface area contributed by atoms with E-state index in [-0.39, 0.29) is 24.8 Å². The summed E-state index contributed by atoms with van der Waals surface area (Å²) in [7, 11) is 0. The Morgan fingerprint density at radius 3 is 2.13 bits per heavy atom. The van der Waals surface area contributed by atoms with Gasteiger partial charge in [-0.1, -0.05) is 37.3 Å². The molecule has 1 aromatic carbocycles. The minimum Gasteiger partial charge on any atom is -0.343 e. The summed E-state index contributed by atoms with van der Waals surface area (Å²) >= 11 is 0. The number of hydrogen-bond donors (Lipinski definition) is 2. The van der Waals surface area contributed by atoms with Crippen LogP contribution in [0.2, 0.25) is 0 Å². The van der Waals surface area contributed by atoms with E-state index in [2.05, 4.69) is 0 Å². The highest BCUT2D eigenvalue weighted by molar-refractivity contribution is 5.85. The molecule has 0 bridgehead atoms. The number of ether oxygens (including phenoxy) is 1. The fraction of sp³-hybridized carbons (Fsp3) is 0.400. The first-order valence-corrected chi connectivity index (χ1v) is 4.40. The molecule has 1 aromatic rings. The topological polar surface area (TPSA) is 61.3 Å². The van der Waals surface area contributed by atoms with Crippen LogP contribution < -0.4 is 11.5 Å². The van der Waals surface area contributed by atoms with Crippen LogP contribution in [0.3, 0.4) is 0 Å². The highest BCUT2D eigenvalue weighted by Crippen LogP contribution is 2.06. The van der Waals surface area contributed by atoms with Crippen LogP contribution in [0, 0.1) is 0 Å². The molecule has 0 atom stereocenters. The number of halogens is 2. The second-order valence-electron chi connectivity index (χ2n) is 3.08. The van der Waals surface area contributed by atoms with Gasteiger partial charge in [-0.15, -0.1) is 24.8 Å². The third-order valence-corrected chi connectivity index (χ3v) is 1.90. The van der Waals surface area contributed by atoms with Gasteiger partial charge in [0.05, 0.1) is 6.61 Å². The van der Waals surface area contributed by atoms with Crippen LogP contribution in [0.15, 0.2) is 30.3 Å². The molecular weight excluding hydrogens is 235 g/mol. The van der Waals surface area contributed by atoms with Crippen molar-refractivity contribution < 1.29 is 4.74 Å². The van der Waals surface area contributed by atoms with Crippen molar-refractivity contribution >= 4 is 24.8 Å². The van der Waals surface area contributed by atoms with E-state index in [9.17, 15) is 0 Å². The van der Waals surface area contributed by atoms with Gasteiger partial charge < -0.3 is 4.74 Å². The Kier molecular flexibility index (Phi) is 9.01. The Balaban J connectivity index is 0. The maximum absolute atomic E-state index is 5.62. The van der Waals surface area contributed by atoms with Gasteiger partial charge in [-0.05, 0) is 5.56 Å². The van der Waals surface area contributed by atoms with Gasteiger partial charge in [0.15, 0.2) is 5.85 Å². The molecule has 4 N–H and O–H groups in total. The summed E-state index contributed by atoms with van der Waals surface area (Å²) in [6.07, 6.45) is 0.597. The number of hydrogen-bond acceptors (Lipinski definition) is 3. The van der Waals surface area contributed by atoms with E-state index in [4.69, 9.17) is 16.2 Å². The summed E-state index contributed by atoms with van der Waals surface area (Å²) in [6.45, 7) is 2.35. The zero-order valence-corrected chi connectivity index (χ0v) is 10.3. The molecule has 88 valence electrons. The summed E-state index contributed by atoms with van der Waals surface area (Å²) in [5.74, 6) is -1.00. The molecule has 0 unspecified atom stereocenters. The van der Waals surface area contributed by atoms with Crippen LogP contribution >= 0.6 is 24.8 Å². The lowest BCUT2D eigenvalue weighted by Crippen LogP contribution is -2.51. The van der Waals surface area contributed by atoms with Gasteiger partial charge in [0.25, 0.3) is 0 Å². The van der Waals surface area contributed by atoms with Crippen LogP contribution in [-0.4, -0.2) is 5.85 Å². The molecule has 0 fully saturated rings. The Morgan fingerprint density at radius 2 is 1.67 bits per heavy atom. The minimum atomic E-state index is -1.00. The summed E-state index contributed by atoms with van der Waals surface area (Å²) in [5.41, 5.74) is 12.3. The van der Waals surface area contributed by atoms with Crippen molar-refractivity contribution in [3.63, 3.8) is 0 Å². The van der Waals surface area contributed by atoms with Gasteiger partial charge in [-0.25, -0.2) is 0 Å². The molecule has 0 aliphatic carbocycles. The number of benzene rings is 1. The van der Waals surface area contributed by atoms with Crippen molar-refractivity contribution in [1.29, 1.82) is 0 Å². The Labute approximate surface area is 103 Å². The second-order valence-corrected chi connectivity index (χ2v) is 3.08. The third kappa shape index (κ3) is 6.71. The molecule has 1 rings (SSSR count). The molecule has 0 amide bonds. The van der Waals surface area contributed by atoms with E-state index in [1.165, 1.54) is 0 Å². The molecular formula is C10H18Cl2N2O. The van der Waals surface area contributed by atoms with E-state index in [1.54, 1.807) is 0 Å². The van der Waals surface area contributed by atoms with Crippen molar-refractivity contribution in [2.45, 2.75) is 25.8 Å². The molecule has 0 heterocycles. The van der Waals surface area contributed by atoms with Gasteiger partial charge >= 0.3 is 0 Å². The molecule has 0 spiro atoms. The van der Waals surface area contributed by atoms with Crippen molar-refractivity contribution in [2.24, 2.45) is 11.5 Å². The molecule has 0 radical (unpaired) electrons. The van der Waals surface area contributed by atoms with E-state index in [0.717, 1.165) is 5.56 Å². The summed E-state index contributed by atoms with van der Waals surface area (Å²) in [4.78, 5) is 0. The fourth-order valence-corrected chi connectivity index (χ4v) is 0.894. The lowest BCUT2D eigenvalue weighted by atomic mass is 10.2. The molecule has 0 saturated carbocycles. The maximum atomic E-state index is 5.62. The van der Waals surface area contributed by atoms with Crippen molar-refractivity contribution in [2.75, 3.05) is 0 Å². The van der Waals surface area contributed by atoms with Gasteiger partial charge in [-0.2, -0.15) is 0 Å². The minimum absolute atomic E-state index is 0. The van der Waals surface area contributed by atoms with Crippen LogP contribution in [0.5, 0.6) is 0 Å². The summed E-state index contributed by atoms with van der Waals surface area (Å²) in [6, 6.07) is 9.83. The van der Waals surface area contributed by atoms with E-state index in [0.29, 0.717) is 13.0 Å². The first-order valence-electron chi connectivity index (χ1n) is 4.40. The summed E-state index contributed by atoms with van der Waals surface area (Å²) < 4.78 is 5.32. The molecule has 15 heavy (non-hydrogen) atoms. The van der Waals surface area contributed by atoms with Gasteiger partial charge in [0.1, 0.15) is 0 Å². The zero-order valence-electron chi connectivity index (χ0n) is 8.68. The van der Waals surface area contributed by atoms with Gasteiger partial charge in [0.2, 0.25) is 0 Å². The van der Waals surface area contributed by atoms with E-state index >= 15 is 0 Å². The maximum Gasteiger partial charge on any atom is 0.169 e. The predicted molar refractivity (Wildman–Crippen MR) is 67.1 cm³/mol. The molecule has 3 nitrogen and oxygen atoms in total. The van der Waals surface area contributed by atoms with Gasteiger partial charge in [-0.3, -0.25) is 11.5 Å². The third-order valence-electron chi connectivity index (χ3n) is 1.90. The smallest absolute Gasteiger partial charge is 0.169 e. The van der Waals surface area contributed by atoms with Crippen LogP contribution in [-0.2, 0) is 11.3 Å². The number of nitrogens with two attached hydrogens (primary N) is 2. The zero-order chi connectivity index (χ0) is 9.73. The normalized spacial score (nSPS) is 10.1. The Bertz CT molecular complexity index is 255. The second kappa shape index (κ2) is 7.91. The van der Waals surface area contributed by atoms with E-state index < -0.39 is 5.85 Å². The van der Waals surface area contributed by atoms with Crippen LogP contribution in [0.25, 0.3) is 0 Å². The van der Waals surface area contributed by atoms with Crippen molar-refractivity contribution in [1.82, 2.24) is 0 Å². The monoisotopic (exact) mass is 252 g/mol. The van der Waals surface area contributed by atoms with Gasteiger partial charge in [0, 0.05) is 6.42 Å². The lowest BCUT2D eigenvalue weighted by Gasteiger charge is -2.22. The molecule has 0 saturated heterocycles.